The first kappa shape index (κ1) is 12.1. The fourth-order valence-electron chi connectivity index (χ4n) is 0.837. The Balaban J connectivity index is 3.95. The number of carbonyl (C=O) groups excluding carboxylic acids is 1. The highest BCUT2D eigenvalue weighted by molar-refractivity contribution is 5.80. The predicted octanol–water partition coefficient (Wildman–Crippen LogP) is 0.205. The Morgan fingerprint density at radius 3 is 2.69 bits per heavy atom. The minimum Gasteiger partial charge on any atom is -0.468 e. The van der Waals surface area contributed by atoms with Gasteiger partial charge in [-0.05, 0) is 19.8 Å². The lowest BCUT2D eigenvalue weighted by atomic mass is 9.99. The lowest BCUT2D eigenvalue weighted by Gasteiger charge is -2.18. The fourth-order valence-corrected chi connectivity index (χ4v) is 0.837. The maximum atomic E-state index is 11.1. The summed E-state index contributed by atoms with van der Waals surface area (Å²) in [7, 11) is 1.31. The van der Waals surface area contributed by atoms with E-state index in [-0.39, 0.29) is 6.61 Å². The lowest BCUT2D eigenvalue weighted by molar-refractivity contribution is -0.146. The van der Waals surface area contributed by atoms with Crippen LogP contribution < -0.4 is 5.73 Å². The van der Waals surface area contributed by atoms with Gasteiger partial charge in [-0.15, -0.1) is 0 Å². The van der Waals surface area contributed by atoms with E-state index < -0.39 is 11.5 Å². The van der Waals surface area contributed by atoms with Gasteiger partial charge in [0.15, 0.2) is 0 Å². The molecule has 0 fully saturated rings. The molecule has 0 aromatic heterocycles. The number of esters is 1. The molecular formula is C9H17NO3. The molecule has 0 aromatic rings. The molecule has 13 heavy (non-hydrogen) atoms. The van der Waals surface area contributed by atoms with Gasteiger partial charge in [-0.25, -0.2) is 0 Å². The Morgan fingerprint density at radius 2 is 2.23 bits per heavy atom. The van der Waals surface area contributed by atoms with Crippen molar-refractivity contribution < 1.29 is 14.6 Å². The van der Waals surface area contributed by atoms with Crippen molar-refractivity contribution in [1.29, 1.82) is 0 Å². The standard InChI is InChI=1S/C9H17NO3/c1-9(10,8(12)13-2)6-4-3-5-7-11/h3-4,11H,5-7,10H2,1-2H3. The topological polar surface area (TPSA) is 72.5 Å². The summed E-state index contributed by atoms with van der Waals surface area (Å²) in [5.41, 5.74) is 4.69. The van der Waals surface area contributed by atoms with Gasteiger partial charge in [0.2, 0.25) is 0 Å². The van der Waals surface area contributed by atoms with Crippen LogP contribution in [0.4, 0.5) is 0 Å². The van der Waals surface area contributed by atoms with Crippen molar-refractivity contribution in [1.82, 2.24) is 0 Å². The van der Waals surface area contributed by atoms with E-state index in [1.165, 1.54) is 7.11 Å². The van der Waals surface area contributed by atoms with Crippen LogP contribution in [0.3, 0.4) is 0 Å². The Morgan fingerprint density at radius 1 is 1.62 bits per heavy atom. The van der Waals surface area contributed by atoms with Gasteiger partial charge in [-0.1, -0.05) is 12.2 Å². The highest BCUT2D eigenvalue weighted by Gasteiger charge is 2.27. The largest absolute Gasteiger partial charge is 0.468 e. The summed E-state index contributed by atoms with van der Waals surface area (Å²) in [5, 5.41) is 8.48. The highest BCUT2D eigenvalue weighted by atomic mass is 16.5. The average Bonchev–Trinajstić information content (AvgIpc) is 2.11. The third-order valence-electron chi connectivity index (χ3n) is 1.66. The van der Waals surface area contributed by atoms with E-state index in [2.05, 4.69) is 4.74 Å². The zero-order valence-corrected chi connectivity index (χ0v) is 8.12. The molecule has 0 aliphatic heterocycles. The molecule has 3 N–H and O–H groups in total. The number of methoxy groups -OCH3 is 1. The second-order valence-corrected chi connectivity index (χ2v) is 3.10. The van der Waals surface area contributed by atoms with Crippen LogP contribution in [0.5, 0.6) is 0 Å². The van der Waals surface area contributed by atoms with Crippen LogP contribution in [0.25, 0.3) is 0 Å². The van der Waals surface area contributed by atoms with Crippen LogP contribution in [0.15, 0.2) is 12.2 Å². The zero-order valence-electron chi connectivity index (χ0n) is 8.12. The normalized spacial score (nSPS) is 15.7. The number of nitrogens with two attached hydrogens (primary N) is 1. The predicted molar refractivity (Wildman–Crippen MR) is 50.1 cm³/mol. The number of hydrogen-bond acceptors (Lipinski definition) is 4. The van der Waals surface area contributed by atoms with Gasteiger partial charge in [0.1, 0.15) is 5.54 Å². The zero-order chi connectivity index (χ0) is 10.3. The SMILES string of the molecule is COC(=O)C(C)(N)CC=CCCO. The number of rotatable bonds is 5. The van der Waals surface area contributed by atoms with E-state index >= 15 is 0 Å². The summed E-state index contributed by atoms with van der Waals surface area (Å²) in [4.78, 5) is 11.1. The molecule has 0 rings (SSSR count). The van der Waals surface area contributed by atoms with Crippen molar-refractivity contribution in [2.75, 3.05) is 13.7 Å². The molecule has 0 bridgehead atoms. The third kappa shape index (κ3) is 4.65. The van der Waals surface area contributed by atoms with Crippen LogP contribution in [-0.2, 0) is 9.53 Å². The summed E-state index contributed by atoms with van der Waals surface area (Å²) in [6, 6.07) is 0. The monoisotopic (exact) mass is 187 g/mol. The Labute approximate surface area is 78.4 Å². The molecule has 0 aliphatic carbocycles. The molecule has 4 heteroatoms. The molecule has 0 aromatic carbocycles. The highest BCUT2D eigenvalue weighted by Crippen LogP contribution is 2.08. The van der Waals surface area contributed by atoms with Gasteiger partial charge in [-0.3, -0.25) is 4.79 Å². The summed E-state index contributed by atoms with van der Waals surface area (Å²) >= 11 is 0. The molecule has 4 nitrogen and oxygen atoms in total. The van der Waals surface area contributed by atoms with E-state index in [0.717, 1.165) is 0 Å². The lowest BCUT2D eigenvalue weighted by Crippen LogP contribution is -2.45. The molecule has 0 heterocycles. The summed E-state index contributed by atoms with van der Waals surface area (Å²) in [5.74, 6) is -0.429. The van der Waals surface area contributed by atoms with Crippen molar-refractivity contribution >= 4 is 5.97 Å². The maximum absolute atomic E-state index is 11.1. The Kier molecular flexibility index (Phi) is 5.34. The van der Waals surface area contributed by atoms with Crippen molar-refractivity contribution in [2.24, 2.45) is 5.73 Å². The molecule has 0 amide bonds. The minimum atomic E-state index is -0.972. The van der Waals surface area contributed by atoms with Gasteiger partial charge in [0.05, 0.1) is 7.11 Å². The van der Waals surface area contributed by atoms with Crippen LogP contribution in [0.2, 0.25) is 0 Å². The van der Waals surface area contributed by atoms with Gasteiger partial charge >= 0.3 is 5.97 Å². The van der Waals surface area contributed by atoms with E-state index in [4.69, 9.17) is 10.8 Å². The summed E-state index contributed by atoms with van der Waals surface area (Å²) < 4.78 is 4.52. The Hall–Kier alpha value is -0.870. The van der Waals surface area contributed by atoms with E-state index in [1.54, 1.807) is 19.1 Å². The molecule has 0 aliphatic rings. The molecular weight excluding hydrogens is 170 g/mol. The second kappa shape index (κ2) is 5.72. The van der Waals surface area contributed by atoms with Crippen molar-refractivity contribution in [3.05, 3.63) is 12.2 Å². The Bertz CT molecular complexity index is 187. The number of hydrogen-bond donors (Lipinski definition) is 2. The minimum absolute atomic E-state index is 0.107. The number of aliphatic hydroxyl groups is 1. The van der Waals surface area contributed by atoms with Crippen molar-refractivity contribution in [3.63, 3.8) is 0 Å². The number of ether oxygens (including phenoxy) is 1. The van der Waals surface area contributed by atoms with Crippen LogP contribution in [0, 0.1) is 0 Å². The van der Waals surface area contributed by atoms with Gasteiger partial charge < -0.3 is 15.6 Å². The number of carbonyl (C=O) groups is 1. The fraction of sp³-hybridized carbons (Fsp3) is 0.667. The van der Waals surface area contributed by atoms with E-state index in [0.29, 0.717) is 12.8 Å². The molecule has 76 valence electrons. The second-order valence-electron chi connectivity index (χ2n) is 3.10. The van der Waals surface area contributed by atoms with Gasteiger partial charge in [0.25, 0.3) is 0 Å². The molecule has 0 saturated heterocycles. The maximum Gasteiger partial charge on any atom is 0.325 e. The van der Waals surface area contributed by atoms with E-state index in [1.807, 2.05) is 0 Å². The number of aliphatic hydroxyl groups excluding tert-OH is 1. The first-order chi connectivity index (χ1) is 6.04. The smallest absolute Gasteiger partial charge is 0.325 e. The van der Waals surface area contributed by atoms with Crippen molar-refractivity contribution in [3.8, 4) is 0 Å². The first-order valence-corrected chi connectivity index (χ1v) is 4.17. The first-order valence-electron chi connectivity index (χ1n) is 4.17. The molecule has 1 atom stereocenters. The molecule has 0 spiro atoms. The molecule has 1 unspecified atom stereocenters. The summed E-state index contributed by atoms with van der Waals surface area (Å²) in [6.45, 7) is 1.72. The molecule has 0 radical (unpaired) electrons. The molecule has 0 saturated carbocycles. The van der Waals surface area contributed by atoms with Gasteiger partial charge in [-0.2, -0.15) is 0 Å². The van der Waals surface area contributed by atoms with Crippen molar-refractivity contribution in [2.45, 2.75) is 25.3 Å². The average molecular weight is 187 g/mol. The van der Waals surface area contributed by atoms with E-state index in [9.17, 15) is 4.79 Å². The summed E-state index contributed by atoms with van der Waals surface area (Å²) in [6.07, 6.45) is 4.55. The third-order valence-corrected chi connectivity index (χ3v) is 1.66. The quantitative estimate of drug-likeness (QED) is 0.476. The van der Waals surface area contributed by atoms with Crippen LogP contribution >= 0.6 is 0 Å². The van der Waals surface area contributed by atoms with Crippen LogP contribution in [-0.4, -0.2) is 30.3 Å². The van der Waals surface area contributed by atoms with Crippen LogP contribution in [0.1, 0.15) is 19.8 Å². The van der Waals surface area contributed by atoms with Gasteiger partial charge in [0, 0.05) is 6.61 Å².